The van der Waals surface area contributed by atoms with E-state index in [0.717, 1.165) is 45.9 Å². The van der Waals surface area contributed by atoms with E-state index < -0.39 is 0 Å². The topological polar surface area (TPSA) is 54.1 Å². The summed E-state index contributed by atoms with van der Waals surface area (Å²) in [6.07, 6.45) is 0. The fourth-order valence-electron chi connectivity index (χ4n) is 2.60. The van der Waals surface area contributed by atoms with Crippen LogP contribution in [0, 0.1) is 0 Å². The Hall–Kier alpha value is -1.59. The molecule has 0 atom stereocenters. The standard InChI is InChI=1S/C17H28N4O/c1-3-20(4-2)14-16-7-5-6-15(12-16)13-19-17(18)21-8-10-22-11-9-21/h5-7,12H,3-4,8-11,13-14H2,1-2H3,(H2,18,19). The molecule has 1 saturated heterocycles. The van der Waals surface area contributed by atoms with Crippen molar-refractivity contribution in [1.29, 1.82) is 0 Å². The van der Waals surface area contributed by atoms with Crippen molar-refractivity contribution in [2.75, 3.05) is 39.4 Å². The average molecular weight is 304 g/mol. The third-order valence-corrected chi connectivity index (χ3v) is 4.05. The van der Waals surface area contributed by atoms with Gasteiger partial charge in [-0.1, -0.05) is 38.1 Å². The number of nitrogens with two attached hydrogens (primary N) is 1. The monoisotopic (exact) mass is 304 g/mol. The van der Waals surface area contributed by atoms with E-state index in [1.165, 1.54) is 11.1 Å². The maximum atomic E-state index is 6.07. The summed E-state index contributed by atoms with van der Waals surface area (Å²) in [7, 11) is 0. The zero-order chi connectivity index (χ0) is 15.8. The van der Waals surface area contributed by atoms with Crippen LogP contribution in [-0.2, 0) is 17.8 Å². The Bertz CT molecular complexity index is 479. The summed E-state index contributed by atoms with van der Waals surface area (Å²) in [5, 5.41) is 0. The molecule has 0 spiro atoms. The smallest absolute Gasteiger partial charge is 0.191 e. The van der Waals surface area contributed by atoms with Crippen molar-refractivity contribution in [1.82, 2.24) is 9.80 Å². The summed E-state index contributed by atoms with van der Waals surface area (Å²) in [4.78, 5) is 9.02. The van der Waals surface area contributed by atoms with Gasteiger partial charge in [-0.2, -0.15) is 0 Å². The summed E-state index contributed by atoms with van der Waals surface area (Å²) in [5.41, 5.74) is 8.61. The van der Waals surface area contributed by atoms with Gasteiger partial charge in [-0.25, -0.2) is 4.99 Å². The SMILES string of the molecule is CCN(CC)Cc1cccc(CN=C(N)N2CCOCC2)c1. The summed E-state index contributed by atoms with van der Waals surface area (Å²) in [5.74, 6) is 0.623. The second-order valence-corrected chi connectivity index (χ2v) is 5.56. The third-order valence-electron chi connectivity index (χ3n) is 4.05. The predicted octanol–water partition coefficient (Wildman–Crippen LogP) is 1.68. The molecule has 1 aromatic rings. The van der Waals surface area contributed by atoms with E-state index in [1.807, 2.05) is 0 Å². The fraction of sp³-hybridized carbons (Fsp3) is 0.588. The molecule has 1 aliphatic rings. The van der Waals surface area contributed by atoms with E-state index in [2.05, 4.69) is 52.9 Å². The maximum Gasteiger partial charge on any atom is 0.191 e. The third kappa shape index (κ3) is 5.00. The molecule has 0 amide bonds. The molecular weight excluding hydrogens is 276 g/mol. The van der Waals surface area contributed by atoms with Crippen molar-refractivity contribution in [3.8, 4) is 0 Å². The highest BCUT2D eigenvalue weighted by atomic mass is 16.5. The molecule has 122 valence electrons. The van der Waals surface area contributed by atoms with Gasteiger partial charge >= 0.3 is 0 Å². The zero-order valence-electron chi connectivity index (χ0n) is 13.8. The van der Waals surface area contributed by atoms with Gasteiger partial charge in [0.2, 0.25) is 0 Å². The molecule has 1 aliphatic heterocycles. The van der Waals surface area contributed by atoms with E-state index >= 15 is 0 Å². The van der Waals surface area contributed by atoms with Gasteiger partial charge in [-0.05, 0) is 24.2 Å². The Kier molecular flexibility index (Phi) is 6.68. The van der Waals surface area contributed by atoms with E-state index in [0.29, 0.717) is 12.5 Å². The summed E-state index contributed by atoms with van der Waals surface area (Å²) < 4.78 is 5.33. The lowest BCUT2D eigenvalue weighted by Crippen LogP contribution is -2.44. The van der Waals surface area contributed by atoms with Crippen LogP contribution in [0.3, 0.4) is 0 Å². The average Bonchev–Trinajstić information content (AvgIpc) is 2.58. The Labute approximate surface area is 133 Å². The van der Waals surface area contributed by atoms with Gasteiger partial charge in [0.1, 0.15) is 0 Å². The van der Waals surface area contributed by atoms with E-state index in [9.17, 15) is 0 Å². The zero-order valence-corrected chi connectivity index (χ0v) is 13.8. The second kappa shape index (κ2) is 8.76. The number of nitrogens with zero attached hydrogens (tertiary/aromatic N) is 3. The maximum absolute atomic E-state index is 6.07. The van der Waals surface area contributed by atoms with E-state index in [1.54, 1.807) is 0 Å². The summed E-state index contributed by atoms with van der Waals surface area (Å²) in [6, 6.07) is 8.63. The molecule has 0 unspecified atom stereocenters. The van der Waals surface area contributed by atoms with Gasteiger partial charge in [0.25, 0.3) is 0 Å². The molecule has 0 aromatic heterocycles. The predicted molar refractivity (Wildman–Crippen MR) is 90.8 cm³/mol. The summed E-state index contributed by atoms with van der Waals surface area (Å²) >= 11 is 0. The molecule has 2 N–H and O–H groups in total. The number of hydrogen-bond acceptors (Lipinski definition) is 3. The highest BCUT2D eigenvalue weighted by Gasteiger charge is 2.11. The van der Waals surface area contributed by atoms with E-state index in [4.69, 9.17) is 10.5 Å². The first-order valence-corrected chi connectivity index (χ1v) is 8.15. The molecule has 0 bridgehead atoms. The van der Waals surface area contributed by atoms with Gasteiger partial charge in [0.05, 0.1) is 19.8 Å². The van der Waals surface area contributed by atoms with Crippen LogP contribution in [0.1, 0.15) is 25.0 Å². The van der Waals surface area contributed by atoms with Crippen molar-refractivity contribution >= 4 is 5.96 Å². The molecule has 2 rings (SSSR count). The first kappa shape index (κ1) is 16.8. The van der Waals surface area contributed by atoms with Gasteiger partial charge in [0.15, 0.2) is 5.96 Å². The number of guanidine groups is 1. The van der Waals surface area contributed by atoms with Crippen molar-refractivity contribution in [3.63, 3.8) is 0 Å². The lowest BCUT2D eigenvalue weighted by atomic mass is 10.1. The highest BCUT2D eigenvalue weighted by Crippen LogP contribution is 2.10. The first-order chi connectivity index (χ1) is 10.7. The lowest BCUT2D eigenvalue weighted by molar-refractivity contribution is 0.0674. The van der Waals surface area contributed by atoms with Gasteiger partial charge < -0.3 is 15.4 Å². The normalized spacial score (nSPS) is 16.3. The molecule has 5 nitrogen and oxygen atoms in total. The van der Waals surface area contributed by atoms with Crippen LogP contribution in [0.2, 0.25) is 0 Å². The van der Waals surface area contributed by atoms with Crippen LogP contribution in [0.4, 0.5) is 0 Å². The van der Waals surface area contributed by atoms with E-state index in [-0.39, 0.29) is 0 Å². The van der Waals surface area contributed by atoms with Crippen LogP contribution in [0.5, 0.6) is 0 Å². The molecule has 22 heavy (non-hydrogen) atoms. The van der Waals surface area contributed by atoms with Gasteiger partial charge in [-0.3, -0.25) is 4.90 Å². The summed E-state index contributed by atoms with van der Waals surface area (Å²) in [6.45, 7) is 11.3. The molecule has 1 aromatic carbocycles. The largest absolute Gasteiger partial charge is 0.378 e. The van der Waals surface area contributed by atoms with Gasteiger partial charge in [0, 0.05) is 19.6 Å². The second-order valence-electron chi connectivity index (χ2n) is 5.56. The van der Waals surface area contributed by atoms with Crippen LogP contribution in [0.15, 0.2) is 29.3 Å². The van der Waals surface area contributed by atoms with Crippen molar-refractivity contribution in [2.45, 2.75) is 26.9 Å². The molecule has 1 fully saturated rings. The number of aliphatic imine (C=N–C) groups is 1. The molecule has 0 aliphatic carbocycles. The molecule has 1 heterocycles. The first-order valence-electron chi connectivity index (χ1n) is 8.15. The Morgan fingerprint density at radius 2 is 1.91 bits per heavy atom. The number of benzene rings is 1. The number of ether oxygens (including phenoxy) is 1. The fourth-order valence-corrected chi connectivity index (χ4v) is 2.60. The minimum atomic E-state index is 0.623. The Balaban J connectivity index is 1.94. The molecular formula is C17H28N4O. The minimum Gasteiger partial charge on any atom is -0.378 e. The van der Waals surface area contributed by atoms with Crippen LogP contribution >= 0.6 is 0 Å². The number of morpholine rings is 1. The highest BCUT2D eigenvalue weighted by molar-refractivity contribution is 5.78. The molecule has 0 saturated carbocycles. The molecule has 5 heteroatoms. The van der Waals surface area contributed by atoms with Crippen LogP contribution in [0.25, 0.3) is 0 Å². The van der Waals surface area contributed by atoms with Crippen LogP contribution in [-0.4, -0.2) is 55.2 Å². The minimum absolute atomic E-state index is 0.623. The van der Waals surface area contributed by atoms with Crippen molar-refractivity contribution in [2.24, 2.45) is 10.7 Å². The lowest BCUT2D eigenvalue weighted by Gasteiger charge is -2.27. The number of rotatable bonds is 6. The number of hydrogen-bond donors (Lipinski definition) is 1. The molecule has 0 radical (unpaired) electrons. The van der Waals surface area contributed by atoms with Gasteiger partial charge in [-0.15, -0.1) is 0 Å². The van der Waals surface area contributed by atoms with Crippen molar-refractivity contribution < 1.29 is 4.74 Å². The van der Waals surface area contributed by atoms with Crippen molar-refractivity contribution in [3.05, 3.63) is 35.4 Å². The Morgan fingerprint density at radius 1 is 1.23 bits per heavy atom. The quantitative estimate of drug-likeness (QED) is 0.642. The Morgan fingerprint density at radius 3 is 2.59 bits per heavy atom. The van der Waals surface area contributed by atoms with Crippen LogP contribution < -0.4 is 5.73 Å².